The normalized spacial score (nSPS) is 20.7. The Morgan fingerprint density at radius 2 is 1.86 bits per heavy atom. The van der Waals surface area contributed by atoms with Crippen LogP contribution >= 0.6 is 0 Å². The number of hydrogen-bond acceptors (Lipinski definition) is 0. The predicted molar refractivity (Wildman–Crippen MR) is 31.7 cm³/mol. The average Bonchev–Trinajstić information content (AvgIpc) is 2.14. The first-order valence-electron chi connectivity index (χ1n) is 2.34. The Kier molecular flexibility index (Phi) is 1.68. The van der Waals surface area contributed by atoms with Gasteiger partial charge >= 0.3 is 48.5 Å². The third-order valence-corrected chi connectivity index (χ3v) is 2.90. The van der Waals surface area contributed by atoms with E-state index in [9.17, 15) is 3.50 Å². The van der Waals surface area contributed by atoms with Gasteiger partial charge in [0.15, 0.2) is 0 Å². The molecule has 0 unspecified atom stereocenters. The number of rotatable bonds is 1. The fourth-order valence-corrected chi connectivity index (χ4v) is 1.67. The summed E-state index contributed by atoms with van der Waals surface area (Å²) >= 11 is -1.64. The fraction of sp³-hybridized carbons (Fsp3) is 0.200. The molecule has 38 valence electrons. The molecule has 0 aliphatic heterocycles. The predicted octanol–water partition coefficient (Wildman–Crippen LogP) is 0.954. The van der Waals surface area contributed by atoms with Gasteiger partial charge in [-0.05, 0) is 0 Å². The Balaban J connectivity index is 2.44. The van der Waals surface area contributed by atoms with Crippen LogP contribution < -0.4 is 0 Å². The second kappa shape index (κ2) is 2.31. The second-order valence-electron chi connectivity index (χ2n) is 1.59. The quantitative estimate of drug-likeness (QED) is 0.499. The van der Waals surface area contributed by atoms with Crippen molar-refractivity contribution in [2.45, 2.75) is 4.75 Å². The topological polar surface area (TPSA) is 0 Å². The minimum atomic E-state index is -1.64. The summed E-state index contributed by atoms with van der Waals surface area (Å²) in [6.45, 7) is 0. The van der Waals surface area contributed by atoms with E-state index in [1.807, 2.05) is 24.3 Å². The van der Waals surface area contributed by atoms with Gasteiger partial charge in [0, 0.05) is 0 Å². The minimum absolute atomic E-state index is 0.257. The molecule has 0 saturated heterocycles. The van der Waals surface area contributed by atoms with Crippen molar-refractivity contribution in [3.05, 3.63) is 24.3 Å². The van der Waals surface area contributed by atoms with Gasteiger partial charge in [-0.15, -0.1) is 0 Å². The summed E-state index contributed by atoms with van der Waals surface area (Å²) in [6.07, 6.45) is 7.69. The zero-order valence-electron chi connectivity index (χ0n) is 3.97. The van der Waals surface area contributed by atoms with Gasteiger partial charge in [0.2, 0.25) is 0 Å². The monoisotopic (exact) mass is 160 g/mol. The van der Waals surface area contributed by atoms with Gasteiger partial charge in [-0.1, -0.05) is 0 Å². The van der Waals surface area contributed by atoms with Crippen molar-refractivity contribution in [1.29, 1.82) is 0 Å². The molecule has 7 heavy (non-hydrogen) atoms. The van der Waals surface area contributed by atoms with Crippen molar-refractivity contribution >= 4 is 15.9 Å². The molecule has 0 saturated carbocycles. The third-order valence-electron chi connectivity index (χ3n) is 1.01. The maximum absolute atomic E-state index is 11.8. The van der Waals surface area contributed by atoms with Crippen molar-refractivity contribution in [1.82, 2.24) is 0 Å². The standard InChI is InChI=1S/C5H7FGe/c6-7-5-3-1-2-4-5/h1-5H,7H2. The molecule has 1 aliphatic carbocycles. The summed E-state index contributed by atoms with van der Waals surface area (Å²) in [5.41, 5.74) is 0. The first kappa shape index (κ1) is 5.10. The van der Waals surface area contributed by atoms with Crippen molar-refractivity contribution in [3.8, 4) is 0 Å². The SMILES string of the molecule is [F][GeH2][CH]1C=CC=C1. The van der Waals surface area contributed by atoms with E-state index in [2.05, 4.69) is 0 Å². The van der Waals surface area contributed by atoms with E-state index in [1.54, 1.807) is 0 Å². The average molecular weight is 159 g/mol. The molecule has 0 aromatic rings. The number of hydrogen-bond donors (Lipinski definition) is 0. The molecule has 0 atom stereocenters. The molecule has 0 N–H and O–H groups in total. The molecular weight excluding hydrogens is 152 g/mol. The summed E-state index contributed by atoms with van der Waals surface area (Å²) < 4.78 is 12.0. The zero-order valence-corrected chi connectivity index (χ0v) is 6.94. The van der Waals surface area contributed by atoms with Crippen molar-refractivity contribution < 1.29 is 3.50 Å². The van der Waals surface area contributed by atoms with Crippen LogP contribution in [0.5, 0.6) is 0 Å². The van der Waals surface area contributed by atoms with Crippen LogP contribution in [0.25, 0.3) is 0 Å². The van der Waals surface area contributed by atoms with Crippen LogP contribution in [0.2, 0.25) is 4.75 Å². The van der Waals surface area contributed by atoms with Gasteiger partial charge in [-0.3, -0.25) is 0 Å². The second-order valence-corrected chi connectivity index (χ2v) is 4.21. The van der Waals surface area contributed by atoms with Crippen molar-refractivity contribution in [2.75, 3.05) is 0 Å². The molecule has 0 radical (unpaired) electrons. The third kappa shape index (κ3) is 1.16. The van der Waals surface area contributed by atoms with Crippen molar-refractivity contribution in [3.63, 3.8) is 0 Å². The van der Waals surface area contributed by atoms with E-state index in [0.29, 0.717) is 0 Å². The molecule has 2 heteroatoms. The molecule has 0 fully saturated rings. The Labute approximate surface area is 49.1 Å². The number of allylic oxidation sites excluding steroid dienone is 4. The molecular formula is C5H7FGe. The summed E-state index contributed by atoms with van der Waals surface area (Å²) in [6, 6.07) is 0. The Morgan fingerprint density at radius 3 is 2.14 bits per heavy atom. The van der Waals surface area contributed by atoms with Crippen LogP contribution in [0.1, 0.15) is 0 Å². The van der Waals surface area contributed by atoms with Crippen LogP contribution in [-0.2, 0) is 0 Å². The van der Waals surface area contributed by atoms with Crippen LogP contribution in [0.3, 0.4) is 0 Å². The fourth-order valence-electron chi connectivity index (χ4n) is 0.581. The summed E-state index contributed by atoms with van der Waals surface area (Å²) in [7, 11) is 0. The number of halogens is 1. The van der Waals surface area contributed by atoms with Gasteiger partial charge in [0.25, 0.3) is 0 Å². The van der Waals surface area contributed by atoms with Crippen LogP contribution in [0.4, 0.5) is 3.50 Å². The molecule has 0 aromatic carbocycles. The van der Waals surface area contributed by atoms with E-state index in [-0.39, 0.29) is 4.75 Å². The van der Waals surface area contributed by atoms with Gasteiger partial charge in [0.1, 0.15) is 0 Å². The van der Waals surface area contributed by atoms with E-state index in [1.165, 1.54) is 0 Å². The van der Waals surface area contributed by atoms with Gasteiger partial charge in [-0.2, -0.15) is 0 Å². The Morgan fingerprint density at radius 1 is 1.29 bits per heavy atom. The van der Waals surface area contributed by atoms with Crippen LogP contribution in [-0.4, -0.2) is 15.9 Å². The van der Waals surface area contributed by atoms with E-state index in [4.69, 9.17) is 0 Å². The molecule has 0 amide bonds. The molecule has 0 aromatic heterocycles. The molecule has 0 nitrogen and oxygen atoms in total. The van der Waals surface area contributed by atoms with Crippen LogP contribution in [0, 0.1) is 0 Å². The summed E-state index contributed by atoms with van der Waals surface area (Å²) in [4.78, 5) is 0. The van der Waals surface area contributed by atoms with Gasteiger partial charge < -0.3 is 0 Å². The zero-order chi connectivity index (χ0) is 5.11. The van der Waals surface area contributed by atoms with Gasteiger partial charge in [-0.25, -0.2) is 0 Å². The molecule has 1 rings (SSSR count). The Hall–Kier alpha value is -0.0471. The molecule has 0 spiro atoms. The maximum atomic E-state index is 11.8. The van der Waals surface area contributed by atoms with E-state index < -0.39 is 15.9 Å². The Bertz CT molecular complexity index is 94.6. The van der Waals surface area contributed by atoms with Gasteiger partial charge in [0.05, 0.1) is 0 Å². The van der Waals surface area contributed by atoms with E-state index >= 15 is 0 Å². The summed E-state index contributed by atoms with van der Waals surface area (Å²) in [5, 5.41) is 0. The van der Waals surface area contributed by atoms with E-state index in [0.717, 1.165) is 0 Å². The molecule has 0 heterocycles. The first-order chi connectivity index (χ1) is 3.43. The first-order valence-corrected chi connectivity index (χ1v) is 5.18. The van der Waals surface area contributed by atoms with Crippen LogP contribution in [0.15, 0.2) is 24.3 Å². The molecule has 1 aliphatic rings. The molecule has 0 bridgehead atoms. The summed E-state index contributed by atoms with van der Waals surface area (Å²) in [5.74, 6) is 0. The van der Waals surface area contributed by atoms with Crippen molar-refractivity contribution in [2.24, 2.45) is 0 Å².